The van der Waals surface area contributed by atoms with Crippen LogP contribution < -0.4 is 5.32 Å². The Morgan fingerprint density at radius 2 is 1.61 bits per heavy atom. The first-order chi connectivity index (χ1) is 14.9. The van der Waals surface area contributed by atoms with Gasteiger partial charge in [-0.2, -0.15) is 0 Å². The van der Waals surface area contributed by atoms with Gasteiger partial charge in [0.2, 0.25) is 0 Å². The Morgan fingerprint density at radius 1 is 0.935 bits per heavy atom. The number of esters is 1. The molecule has 4 rings (SSSR count). The van der Waals surface area contributed by atoms with E-state index in [1.165, 1.54) is 25.3 Å². The van der Waals surface area contributed by atoms with Crippen LogP contribution in [-0.4, -0.2) is 29.5 Å². The summed E-state index contributed by atoms with van der Waals surface area (Å²) in [7, 11) is 0. The van der Waals surface area contributed by atoms with E-state index in [2.05, 4.69) is 5.32 Å². The molecular weight excluding hydrogens is 398 g/mol. The normalized spacial score (nSPS) is 13.2. The van der Waals surface area contributed by atoms with Gasteiger partial charge in [-0.3, -0.25) is 19.2 Å². The molecular formula is C24H19NO6. The number of anilines is 1. The van der Waals surface area contributed by atoms with Crippen molar-refractivity contribution in [2.45, 2.75) is 25.9 Å². The lowest BCUT2D eigenvalue weighted by atomic mass is 9.84. The lowest BCUT2D eigenvalue weighted by Crippen LogP contribution is -2.30. The summed E-state index contributed by atoms with van der Waals surface area (Å²) in [4.78, 5) is 49.9. The van der Waals surface area contributed by atoms with Gasteiger partial charge in [0.25, 0.3) is 5.91 Å². The quantitative estimate of drug-likeness (QED) is 0.481. The molecule has 0 bridgehead atoms. The fraction of sp³-hybridized carbons (Fsp3) is 0.167. The van der Waals surface area contributed by atoms with E-state index < -0.39 is 18.0 Å². The van der Waals surface area contributed by atoms with Gasteiger partial charge in [0.15, 0.2) is 17.7 Å². The first kappa shape index (κ1) is 20.3. The van der Waals surface area contributed by atoms with Crippen LogP contribution in [0.2, 0.25) is 0 Å². The highest BCUT2D eigenvalue weighted by atomic mass is 16.5. The highest BCUT2D eigenvalue weighted by Gasteiger charge is 2.29. The smallest absolute Gasteiger partial charge is 0.307 e. The predicted octanol–water partition coefficient (Wildman–Crippen LogP) is 3.56. The zero-order chi connectivity index (χ0) is 22.0. The van der Waals surface area contributed by atoms with Crippen LogP contribution in [0.5, 0.6) is 0 Å². The van der Waals surface area contributed by atoms with Crippen LogP contribution in [0.3, 0.4) is 0 Å². The lowest BCUT2D eigenvalue weighted by molar-refractivity contribution is -0.153. The molecule has 7 heteroatoms. The van der Waals surface area contributed by atoms with E-state index in [1.807, 2.05) is 0 Å². The van der Waals surface area contributed by atoms with Crippen molar-refractivity contribution in [3.63, 3.8) is 0 Å². The largest absolute Gasteiger partial charge is 0.469 e. The highest BCUT2D eigenvalue weighted by Crippen LogP contribution is 2.29. The van der Waals surface area contributed by atoms with Crippen molar-refractivity contribution in [2.24, 2.45) is 0 Å². The number of carbonyl (C=O) groups is 4. The standard InChI is InChI=1S/C24H19NO6/c1-14(31-21(26)11-9-16-5-4-12-30-16)24(29)25-15-8-10-19-20(13-15)23(28)18-7-3-2-6-17(18)22(19)27/h2-8,10,12-14H,9,11H2,1H3,(H,25,29)/t14-/m0/s1. The van der Waals surface area contributed by atoms with Crippen LogP contribution in [0.15, 0.2) is 65.3 Å². The van der Waals surface area contributed by atoms with Crippen LogP contribution in [0.4, 0.5) is 5.69 Å². The summed E-state index contributed by atoms with van der Waals surface area (Å²) < 4.78 is 10.3. The molecule has 31 heavy (non-hydrogen) atoms. The Hall–Kier alpha value is -4.00. The monoisotopic (exact) mass is 417 g/mol. The van der Waals surface area contributed by atoms with Crippen LogP contribution in [0.1, 0.15) is 50.9 Å². The number of hydrogen-bond acceptors (Lipinski definition) is 6. The molecule has 0 saturated carbocycles. The molecule has 7 nitrogen and oxygen atoms in total. The number of ether oxygens (including phenoxy) is 1. The average Bonchev–Trinajstić information content (AvgIpc) is 3.30. The summed E-state index contributed by atoms with van der Waals surface area (Å²) in [5, 5.41) is 2.63. The molecule has 3 aromatic rings. The molecule has 0 fully saturated rings. The number of amides is 1. The number of rotatable bonds is 6. The van der Waals surface area contributed by atoms with Crippen molar-refractivity contribution in [3.8, 4) is 0 Å². The lowest BCUT2D eigenvalue weighted by Gasteiger charge is -2.19. The fourth-order valence-electron chi connectivity index (χ4n) is 3.41. The first-order valence-electron chi connectivity index (χ1n) is 9.79. The van der Waals surface area contributed by atoms with Gasteiger partial charge in [0, 0.05) is 34.4 Å². The van der Waals surface area contributed by atoms with Crippen molar-refractivity contribution in [2.75, 3.05) is 5.32 Å². The number of ketones is 2. The molecule has 0 spiro atoms. The predicted molar refractivity (Wildman–Crippen MR) is 111 cm³/mol. The van der Waals surface area contributed by atoms with Crippen molar-refractivity contribution in [1.29, 1.82) is 0 Å². The Bertz CT molecular complexity index is 1180. The second-order valence-corrected chi connectivity index (χ2v) is 7.16. The van der Waals surface area contributed by atoms with Gasteiger partial charge < -0.3 is 14.5 Å². The molecule has 1 aliphatic carbocycles. The number of benzene rings is 2. The number of fused-ring (bicyclic) bond motifs is 2. The van der Waals surface area contributed by atoms with Crippen molar-refractivity contribution in [1.82, 2.24) is 0 Å². The molecule has 1 N–H and O–H groups in total. The SMILES string of the molecule is C[C@H](OC(=O)CCc1ccco1)C(=O)Nc1ccc2c(c1)C(=O)c1ccccc1C2=O. The molecule has 0 aliphatic heterocycles. The third-order valence-electron chi connectivity index (χ3n) is 5.03. The molecule has 0 saturated heterocycles. The minimum Gasteiger partial charge on any atom is -0.469 e. The summed E-state index contributed by atoms with van der Waals surface area (Å²) in [5.41, 5.74) is 1.56. The molecule has 1 amide bonds. The number of nitrogens with one attached hydrogen (secondary N) is 1. The van der Waals surface area contributed by atoms with Gasteiger partial charge in [-0.05, 0) is 37.3 Å². The molecule has 1 aromatic heterocycles. The Morgan fingerprint density at radius 3 is 2.29 bits per heavy atom. The molecule has 1 aliphatic rings. The molecule has 2 aromatic carbocycles. The molecule has 0 unspecified atom stereocenters. The first-order valence-corrected chi connectivity index (χ1v) is 9.79. The van der Waals surface area contributed by atoms with Gasteiger partial charge >= 0.3 is 5.97 Å². The van der Waals surface area contributed by atoms with Gasteiger partial charge in [-0.1, -0.05) is 24.3 Å². The Kier molecular flexibility index (Phi) is 5.49. The number of hydrogen-bond donors (Lipinski definition) is 1. The second-order valence-electron chi connectivity index (χ2n) is 7.16. The van der Waals surface area contributed by atoms with Gasteiger partial charge in [-0.15, -0.1) is 0 Å². The van der Waals surface area contributed by atoms with Gasteiger partial charge in [-0.25, -0.2) is 0 Å². The molecule has 1 heterocycles. The second kappa shape index (κ2) is 8.39. The highest BCUT2D eigenvalue weighted by molar-refractivity contribution is 6.28. The summed E-state index contributed by atoms with van der Waals surface area (Å²) in [6.07, 6.45) is 0.952. The van der Waals surface area contributed by atoms with Gasteiger partial charge in [0.05, 0.1) is 12.7 Å². The fourth-order valence-corrected chi connectivity index (χ4v) is 3.41. The molecule has 156 valence electrons. The Balaban J connectivity index is 1.41. The summed E-state index contributed by atoms with van der Waals surface area (Å²) >= 11 is 0. The van der Waals surface area contributed by atoms with Crippen molar-refractivity contribution in [3.05, 3.63) is 88.9 Å². The zero-order valence-electron chi connectivity index (χ0n) is 16.7. The van der Waals surface area contributed by atoms with E-state index in [0.29, 0.717) is 34.6 Å². The van der Waals surface area contributed by atoms with E-state index in [-0.39, 0.29) is 23.6 Å². The Labute approximate surface area is 178 Å². The maximum absolute atomic E-state index is 12.8. The average molecular weight is 417 g/mol. The van der Waals surface area contributed by atoms with Gasteiger partial charge in [0.1, 0.15) is 5.76 Å². The third-order valence-corrected chi connectivity index (χ3v) is 5.03. The summed E-state index contributed by atoms with van der Waals surface area (Å²) in [6.45, 7) is 1.46. The van der Waals surface area contributed by atoms with E-state index in [4.69, 9.17) is 9.15 Å². The summed E-state index contributed by atoms with van der Waals surface area (Å²) in [6, 6.07) is 14.6. The minimum atomic E-state index is -1.03. The van der Waals surface area contributed by atoms with E-state index in [0.717, 1.165) is 0 Å². The molecule has 0 radical (unpaired) electrons. The summed E-state index contributed by atoms with van der Waals surface area (Å²) in [5.74, 6) is -0.923. The van der Waals surface area contributed by atoms with E-state index in [9.17, 15) is 19.2 Å². The number of furan rings is 1. The van der Waals surface area contributed by atoms with Crippen LogP contribution >= 0.6 is 0 Å². The number of aryl methyl sites for hydroxylation is 1. The van der Waals surface area contributed by atoms with Crippen molar-refractivity contribution < 1.29 is 28.3 Å². The maximum Gasteiger partial charge on any atom is 0.307 e. The van der Waals surface area contributed by atoms with Crippen LogP contribution in [0, 0.1) is 0 Å². The number of carbonyl (C=O) groups excluding carboxylic acids is 4. The van der Waals surface area contributed by atoms with Crippen LogP contribution in [0.25, 0.3) is 0 Å². The molecule has 1 atom stereocenters. The zero-order valence-corrected chi connectivity index (χ0v) is 16.7. The van der Waals surface area contributed by atoms with E-state index >= 15 is 0 Å². The minimum absolute atomic E-state index is 0.0833. The van der Waals surface area contributed by atoms with Crippen LogP contribution in [-0.2, 0) is 20.7 Å². The van der Waals surface area contributed by atoms with E-state index in [1.54, 1.807) is 42.5 Å². The third kappa shape index (κ3) is 4.16. The van der Waals surface area contributed by atoms with Crippen molar-refractivity contribution >= 4 is 29.1 Å². The maximum atomic E-state index is 12.8. The topological polar surface area (TPSA) is 103 Å².